The maximum atomic E-state index is 12.5. The molecule has 0 saturated carbocycles. The van der Waals surface area contributed by atoms with Crippen LogP contribution in [0, 0.1) is 0 Å². The maximum absolute atomic E-state index is 12.5. The number of carbonyl (C=O) groups is 1. The molecular formula is C14H18ClN5O2. The monoisotopic (exact) mass is 323 g/mol. The van der Waals surface area contributed by atoms with Crippen molar-refractivity contribution in [3.8, 4) is 5.75 Å². The molecule has 0 aliphatic carbocycles. The number of amidine groups is 1. The number of hydrogen-bond donors (Lipinski definition) is 4. The van der Waals surface area contributed by atoms with E-state index in [0.717, 1.165) is 31.5 Å². The number of fused-ring (bicyclic) bond motifs is 1. The van der Waals surface area contributed by atoms with Crippen molar-refractivity contribution in [1.29, 1.82) is 0 Å². The number of halogens is 1. The molecule has 22 heavy (non-hydrogen) atoms. The lowest BCUT2D eigenvalue weighted by Gasteiger charge is -2.40. The van der Waals surface area contributed by atoms with Crippen molar-refractivity contribution in [2.75, 3.05) is 13.1 Å². The van der Waals surface area contributed by atoms with Gasteiger partial charge in [0, 0.05) is 18.4 Å². The normalized spacial score (nSPS) is 21.8. The van der Waals surface area contributed by atoms with Crippen molar-refractivity contribution in [1.82, 2.24) is 21.8 Å². The molecule has 8 heteroatoms. The summed E-state index contributed by atoms with van der Waals surface area (Å²) >= 11 is 0. The summed E-state index contributed by atoms with van der Waals surface area (Å²) in [6.45, 7) is 1.80. The third-order valence-corrected chi connectivity index (χ3v) is 4.28. The van der Waals surface area contributed by atoms with Gasteiger partial charge in [-0.25, -0.2) is 5.53 Å². The second kappa shape index (κ2) is 5.75. The molecule has 3 aliphatic rings. The van der Waals surface area contributed by atoms with Crippen LogP contribution in [0.25, 0.3) is 0 Å². The van der Waals surface area contributed by atoms with Crippen molar-refractivity contribution in [2.45, 2.75) is 24.9 Å². The zero-order valence-electron chi connectivity index (χ0n) is 11.9. The fourth-order valence-corrected chi connectivity index (χ4v) is 3.14. The third kappa shape index (κ3) is 2.51. The molecule has 0 bridgehead atoms. The molecular weight excluding hydrogens is 306 g/mol. The van der Waals surface area contributed by atoms with Crippen LogP contribution in [0.1, 0.15) is 35.2 Å². The Morgan fingerprint density at radius 3 is 2.77 bits per heavy atom. The number of nitrogens with zero attached hydrogens (tertiary/aromatic N) is 1. The van der Waals surface area contributed by atoms with Gasteiger partial charge in [-0.2, -0.15) is 0 Å². The SMILES string of the molecule is Cl.O=C1CC2(CCNCC2)Oc2ccc(C3=NNNN3)cc21. The van der Waals surface area contributed by atoms with Crippen LogP contribution in [0.2, 0.25) is 0 Å². The van der Waals surface area contributed by atoms with Gasteiger partial charge in [0.2, 0.25) is 0 Å². The number of nitrogens with one attached hydrogen (secondary N) is 4. The van der Waals surface area contributed by atoms with Gasteiger partial charge in [-0.15, -0.1) is 23.0 Å². The smallest absolute Gasteiger partial charge is 0.170 e. The molecule has 1 aromatic carbocycles. The quantitative estimate of drug-likeness (QED) is 0.601. The Morgan fingerprint density at radius 1 is 1.23 bits per heavy atom. The summed E-state index contributed by atoms with van der Waals surface area (Å²) in [4.78, 5) is 12.5. The Hall–Kier alpha value is -1.83. The molecule has 118 valence electrons. The van der Waals surface area contributed by atoms with Crippen LogP contribution < -0.4 is 26.5 Å². The molecule has 7 nitrogen and oxygen atoms in total. The van der Waals surface area contributed by atoms with E-state index in [1.54, 1.807) is 0 Å². The minimum Gasteiger partial charge on any atom is -0.486 e. The molecule has 4 N–H and O–H groups in total. The number of hydrogen-bond acceptors (Lipinski definition) is 7. The summed E-state index contributed by atoms with van der Waals surface area (Å²) in [5, 5.41) is 7.36. The van der Waals surface area contributed by atoms with Gasteiger partial charge in [-0.3, -0.25) is 10.2 Å². The number of rotatable bonds is 1. The van der Waals surface area contributed by atoms with Crippen LogP contribution in [-0.4, -0.2) is 30.3 Å². The first-order valence-corrected chi connectivity index (χ1v) is 7.17. The van der Waals surface area contributed by atoms with Crippen LogP contribution in [0.3, 0.4) is 0 Å². The second-order valence-corrected chi connectivity index (χ2v) is 5.67. The minimum absolute atomic E-state index is 0. The van der Waals surface area contributed by atoms with E-state index in [9.17, 15) is 4.79 Å². The highest BCUT2D eigenvalue weighted by Gasteiger charge is 2.41. The zero-order chi connectivity index (χ0) is 14.3. The van der Waals surface area contributed by atoms with Crippen LogP contribution in [0.4, 0.5) is 0 Å². The third-order valence-electron chi connectivity index (χ3n) is 4.28. The fraction of sp³-hybridized carbons (Fsp3) is 0.429. The predicted molar refractivity (Wildman–Crippen MR) is 84.0 cm³/mol. The van der Waals surface area contributed by atoms with E-state index in [2.05, 4.69) is 26.9 Å². The van der Waals surface area contributed by atoms with Gasteiger partial charge in [0.15, 0.2) is 11.6 Å². The summed E-state index contributed by atoms with van der Waals surface area (Å²) in [7, 11) is 0. The van der Waals surface area contributed by atoms with Gasteiger partial charge >= 0.3 is 0 Å². The van der Waals surface area contributed by atoms with E-state index in [0.29, 0.717) is 23.6 Å². The number of ether oxygens (including phenoxy) is 1. The van der Waals surface area contributed by atoms with Crippen molar-refractivity contribution in [3.05, 3.63) is 29.3 Å². The number of Topliss-reactive ketones (excluding diaryl/α,β-unsaturated/α-hetero) is 1. The van der Waals surface area contributed by atoms with E-state index in [1.165, 1.54) is 0 Å². The molecule has 3 heterocycles. The summed E-state index contributed by atoms with van der Waals surface area (Å²) in [5.74, 6) is 1.50. The lowest BCUT2D eigenvalue weighted by atomic mass is 9.83. The average molecular weight is 324 g/mol. The molecule has 1 aromatic rings. The molecule has 1 spiro atoms. The van der Waals surface area contributed by atoms with Gasteiger partial charge in [0.05, 0.1) is 12.0 Å². The number of ketones is 1. The molecule has 0 aromatic heterocycles. The average Bonchev–Trinajstić information content (AvgIpc) is 3.02. The maximum Gasteiger partial charge on any atom is 0.170 e. The Kier molecular flexibility index (Phi) is 3.94. The summed E-state index contributed by atoms with van der Waals surface area (Å²) < 4.78 is 6.20. The molecule has 0 atom stereocenters. The Morgan fingerprint density at radius 2 is 2.05 bits per heavy atom. The van der Waals surface area contributed by atoms with Gasteiger partial charge < -0.3 is 10.1 Å². The number of hydrazone groups is 1. The first-order valence-electron chi connectivity index (χ1n) is 7.17. The largest absolute Gasteiger partial charge is 0.486 e. The second-order valence-electron chi connectivity index (χ2n) is 5.67. The van der Waals surface area contributed by atoms with E-state index in [-0.39, 0.29) is 23.8 Å². The van der Waals surface area contributed by atoms with E-state index < -0.39 is 0 Å². The molecule has 0 unspecified atom stereocenters. The van der Waals surface area contributed by atoms with Crippen LogP contribution in [0.5, 0.6) is 5.75 Å². The first-order chi connectivity index (χ1) is 10.3. The summed E-state index contributed by atoms with van der Waals surface area (Å²) in [6.07, 6.45) is 2.21. The molecule has 0 radical (unpaired) electrons. The fourth-order valence-electron chi connectivity index (χ4n) is 3.14. The molecule has 1 saturated heterocycles. The Balaban J connectivity index is 0.00000144. The van der Waals surface area contributed by atoms with Crippen molar-refractivity contribution < 1.29 is 9.53 Å². The lowest BCUT2D eigenvalue weighted by Crippen LogP contribution is -2.49. The number of hydrazine groups is 2. The standard InChI is InChI=1S/C14H17N5O2.ClH/c20-11-8-14(3-5-15-6-4-14)21-12-2-1-9(7-10(11)12)13-16-18-19-17-13;/h1-2,7,15,18-19H,3-6,8H2,(H,16,17);1H. The molecule has 1 fully saturated rings. The Labute approximate surface area is 134 Å². The van der Waals surface area contributed by atoms with E-state index in [1.807, 2.05) is 18.2 Å². The Bertz CT molecular complexity index is 628. The molecule has 0 amide bonds. The van der Waals surface area contributed by atoms with E-state index >= 15 is 0 Å². The molecule has 3 aliphatic heterocycles. The van der Waals surface area contributed by atoms with Crippen LogP contribution in [0.15, 0.2) is 23.3 Å². The van der Waals surface area contributed by atoms with E-state index in [4.69, 9.17) is 4.74 Å². The van der Waals surface area contributed by atoms with Gasteiger partial charge in [0.25, 0.3) is 0 Å². The summed E-state index contributed by atoms with van der Waals surface area (Å²) in [6, 6.07) is 5.62. The first kappa shape index (κ1) is 15.1. The highest BCUT2D eigenvalue weighted by Crippen LogP contribution is 2.38. The number of benzene rings is 1. The van der Waals surface area contributed by atoms with Crippen molar-refractivity contribution in [3.63, 3.8) is 0 Å². The molecule has 4 rings (SSSR count). The van der Waals surface area contributed by atoms with Gasteiger partial charge in [-0.1, -0.05) is 0 Å². The van der Waals surface area contributed by atoms with Crippen molar-refractivity contribution in [2.24, 2.45) is 5.10 Å². The van der Waals surface area contributed by atoms with Crippen LogP contribution in [-0.2, 0) is 0 Å². The number of piperidine rings is 1. The zero-order valence-corrected chi connectivity index (χ0v) is 12.8. The number of carbonyl (C=O) groups excluding carboxylic acids is 1. The lowest BCUT2D eigenvalue weighted by molar-refractivity contribution is 0.0187. The highest BCUT2D eigenvalue weighted by atomic mass is 35.5. The van der Waals surface area contributed by atoms with Gasteiger partial charge in [-0.05, 0) is 31.3 Å². The van der Waals surface area contributed by atoms with Gasteiger partial charge in [0.1, 0.15) is 11.4 Å². The summed E-state index contributed by atoms with van der Waals surface area (Å²) in [5.41, 5.74) is 9.36. The van der Waals surface area contributed by atoms with Crippen LogP contribution >= 0.6 is 12.4 Å². The highest BCUT2D eigenvalue weighted by molar-refractivity contribution is 6.05. The predicted octanol–water partition coefficient (Wildman–Crippen LogP) is 0.470. The minimum atomic E-state index is -0.316. The van der Waals surface area contributed by atoms with Crippen molar-refractivity contribution >= 4 is 24.0 Å². The topological polar surface area (TPSA) is 86.8 Å².